The first-order valence-electron chi connectivity index (χ1n) is 9.88. The highest BCUT2D eigenvalue weighted by molar-refractivity contribution is 7.19. The minimum Gasteiger partial charge on any atom is -0.509 e. The van der Waals surface area contributed by atoms with Gasteiger partial charge in [-0.05, 0) is 29.8 Å². The maximum absolute atomic E-state index is 13.3. The van der Waals surface area contributed by atoms with E-state index < -0.39 is 0 Å². The second kappa shape index (κ2) is 8.50. The molecule has 0 fully saturated rings. The smallest absolute Gasteiger partial charge is 0.263 e. The van der Waals surface area contributed by atoms with Crippen molar-refractivity contribution in [2.45, 2.75) is 6.54 Å². The van der Waals surface area contributed by atoms with Crippen LogP contribution in [-0.2, 0) is 6.54 Å². The van der Waals surface area contributed by atoms with Crippen LogP contribution in [0.15, 0.2) is 70.8 Å². The minimum atomic E-state index is -0.291. The first-order chi connectivity index (χ1) is 16.1. The Labute approximate surface area is 196 Å². The van der Waals surface area contributed by atoms with Gasteiger partial charge >= 0.3 is 0 Å². The van der Waals surface area contributed by atoms with Crippen molar-refractivity contribution in [3.05, 3.63) is 81.4 Å². The largest absolute Gasteiger partial charge is 0.509 e. The first kappa shape index (κ1) is 20.9. The van der Waals surface area contributed by atoms with Crippen LogP contribution >= 0.6 is 22.7 Å². The van der Waals surface area contributed by atoms with E-state index in [2.05, 4.69) is 9.97 Å². The summed E-state index contributed by atoms with van der Waals surface area (Å²) in [6, 6.07) is 17.0. The van der Waals surface area contributed by atoms with Gasteiger partial charge in [0.2, 0.25) is 0 Å². The summed E-state index contributed by atoms with van der Waals surface area (Å²) in [6.45, 7) is -0.182. The van der Waals surface area contributed by atoms with E-state index in [0.29, 0.717) is 15.2 Å². The molecule has 0 aliphatic heterocycles. The number of methoxy groups -OCH3 is 1. The fourth-order valence-corrected chi connectivity index (χ4v) is 5.41. The van der Waals surface area contributed by atoms with E-state index in [1.165, 1.54) is 33.6 Å². The molecular weight excluding hydrogens is 456 g/mol. The van der Waals surface area contributed by atoms with E-state index in [1.807, 2.05) is 60.0 Å². The predicted molar refractivity (Wildman–Crippen MR) is 131 cm³/mol. The van der Waals surface area contributed by atoms with Gasteiger partial charge in [0, 0.05) is 10.9 Å². The van der Waals surface area contributed by atoms with Gasteiger partial charge in [-0.15, -0.1) is 22.7 Å². The molecular formula is C24H16N4O3S2. The number of nitriles is 1. The second-order valence-electron chi connectivity index (χ2n) is 7.16. The molecule has 0 radical (unpaired) electrons. The molecule has 0 saturated heterocycles. The number of aliphatic hydroxyl groups is 1. The van der Waals surface area contributed by atoms with E-state index >= 15 is 0 Å². The van der Waals surface area contributed by atoms with E-state index in [1.54, 1.807) is 7.11 Å². The van der Waals surface area contributed by atoms with Crippen molar-refractivity contribution >= 4 is 48.7 Å². The number of ether oxygens (including phenoxy) is 1. The molecule has 2 aromatic carbocycles. The number of thiophene rings is 1. The Balaban J connectivity index is 1.56. The van der Waals surface area contributed by atoms with Crippen molar-refractivity contribution in [3.8, 4) is 22.9 Å². The zero-order valence-electron chi connectivity index (χ0n) is 17.3. The molecule has 9 heteroatoms. The molecule has 3 heterocycles. The van der Waals surface area contributed by atoms with Crippen molar-refractivity contribution in [2.75, 3.05) is 7.11 Å². The van der Waals surface area contributed by atoms with Gasteiger partial charge in [0.05, 0.1) is 35.6 Å². The Morgan fingerprint density at radius 1 is 1.21 bits per heavy atom. The summed E-state index contributed by atoms with van der Waals surface area (Å²) in [5.41, 5.74) is 2.13. The SMILES string of the molecule is COc1ccc(-c2csc3ncn(C/C(O)=C(\C#N)c4nc5ccccc5s4)c(=O)c23)cc1. The van der Waals surface area contributed by atoms with Crippen LogP contribution in [0.2, 0.25) is 0 Å². The van der Waals surface area contributed by atoms with E-state index in [4.69, 9.17) is 4.74 Å². The molecule has 0 saturated carbocycles. The van der Waals surface area contributed by atoms with Crippen LogP contribution in [-0.4, -0.2) is 26.8 Å². The van der Waals surface area contributed by atoms with Crippen LogP contribution in [0.5, 0.6) is 5.75 Å². The number of aliphatic hydroxyl groups excluding tert-OH is 1. The van der Waals surface area contributed by atoms with Gasteiger partial charge in [0.25, 0.3) is 5.56 Å². The van der Waals surface area contributed by atoms with Gasteiger partial charge in [0.15, 0.2) is 0 Å². The zero-order valence-corrected chi connectivity index (χ0v) is 19.0. The Morgan fingerprint density at radius 2 is 2.00 bits per heavy atom. The molecule has 0 atom stereocenters. The molecule has 0 amide bonds. The number of para-hydroxylation sites is 1. The highest BCUT2D eigenvalue weighted by atomic mass is 32.1. The lowest BCUT2D eigenvalue weighted by Crippen LogP contribution is -2.21. The number of nitrogens with zero attached hydrogens (tertiary/aromatic N) is 4. The highest BCUT2D eigenvalue weighted by Crippen LogP contribution is 2.32. The van der Waals surface area contributed by atoms with Crippen molar-refractivity contribution in [2.24, 2.45) is 0 Å². The summed E-state index contributed by atoms with van der Waals surface area (Å²) in [5, 5.41) is 23.2. The lowest BCUT2D eigenvalue weighted by atomic mass is 10.1. The third-order valence-corrected chi connectivity index (χ3v) is 7.13. The van der Waals surface area contributed by atoms with E-state index in [9.17, 15) is 15.2 Å². The Hall–Kier alpha value is -4.00. The molecule has 33 heavy (non-hydrogen) atoms. The summed E-state index contributed by atoms with van der Waals surface area (Å²) >= 11 is 2.70. The minimum absolute atomic E-state index is 0.0453. The number of benzene rings is 2. The number of hydrogen-bond donors (Lipinski definition) is 1. The molecule has 3 aromatic heterocycles. The van der Waals surface area contributed by atoms with Crippen molar-refractivity contribution in [3.63, 3.8) is 0 Å². The van der Waals surface area contributed by atoms with Crippen LogP contribution in [0.3, 0.4) is 0 Å². The maximum atomic E-state index is 13.3. The van der Waals surface area contributed by atoms with Gasteiger partial charge in [0.1, 0.15) is 33.0 Å². The standard InChI is InChI=1S/C24H16N4O3S2/c1-31-15-8-6-14(7-9-15)17-12-32-23-21(17)24(30)28(13-26-23)11-19(29)16(10-25)22-27-18-4-2-3-5-20(18)33-22/h2-9,12-13,29H,11H2,1H3/b19-16-. The summed E-state index contributed by atoms with van der Waals surface area (Å²) in [6.07, 6.45) is 1.39. The van der Waals surface area contributed by atoms with Crippen LogP contribution in [0, 0.1) is 11.3 Å². The molecule has 0 aliphatic rings. The zero-order chi connectivity index (χ0) is 22.9. The maximum Gasteiger partial charge on any atom is 0.263 e. The van der Waals surface area contributed by atoms with E-state index in [0.717, 1.165) is 27.1 Å². The third kappa shape index (κ3) is 3.75. The summed E-state index contributed by atoms with van der Waals surface area (Å²) in [4.78, 5) is 22.8. The molecule has 1 N–H and O–H groups in total. The van der Waals surface area contributed by atoms with E-state index in [-0.39, 0.29) is 23.4 Å². The molecule has 5 rings (SSSR count). The van der Waals surface area contributed by atoms with Crippen LogP contribution in [0.4, 0.5) is 0 Å². The molecule has 0 bridgehead atoms. The lowest BCUT2D eigenvalue weighted by Gasteiger charge is -2.07. The predicted octanol–water partition coefficient (Wildman–Crippen LogP) is 5.24. The quantitative estimate of drug-likeness (QED) is 0.277. The van der Waals surface area contributed by atoms with Crippen LogP contribution in [0.25, 0.3) is 37.1 Å². The monoisotopic (exact) mass is 472 g/mol. The molecule has 0 unspecified atom stereocenters. The highest BCUT2D eigenvalue weighted by Gasteiger charge is 2.17. The molecule has 5 aromatic rings. The van der Waals surface area contributed by atoms with Gasteiger partial charge in [-0.25, -0.2) is 9.97 Å². The van der Waals surface area contributed by atoms with Crippen LogP contribution < -0.4 is 10.3 Å². The summed E-state index contributed by atoms with van der Waals surface area (Å²) < 4.78 is 7.43. The van der Waals surface area contributed by atoms with Crippen molar-refractivity contribution < 1.29 is 9.84 Å². The normalized spacial score (nSPS) is 12.0. The Morgan fingerprint density at radius 3 is 2.73 bits per heavy atom. The average Bonchev–Trinajstić information content (AvgIpc) is 3.46. The summed E-state index contributed by atoms with van der Waals surface area (Å²) in [7, 11) is 1.60. The number of allylic oxidation sites excluding steroid dienone is 2. The fourth-order valence-electron chi connectivity index (χ4n) is 3.52. The Kier molecular flexibility index (Phi) is 5.38. The molecule has 7 nitrogen and oxygen atoms in total. The lowest BCUT2D eigenvalue weighted by molar-refractivity contribution is 0.376. The van der Waals surface area contributed by atoms with Gasteiger partial charge in [-0.2, -0.15) is 5.26 Å². The fraction of sp³-hybridized carbons (Fsp3) is 0.0833. The van der Waals surface area contributed by atoms with Gasteiger partial charge < -0.3 is 9.84 Å². The number of fused-ring (bicyclic) bond motifs is 2. The third-order valence-electron chi connectivity index (χ3n) is 5.19. The molecule has 0 aliphatic carbocycles. The van der Waals surface area contributed by atoms with Crippen LogP contribution in [0.1, 0.15) is 5.01 Å². The molecule has 0 spiro atoms. The van der Waals surface area contributed by atoms with Gasteiger partial charge in [-0.3, -0.25) is 9.36 Å². The van der Waals surface area contributed by atoms with Gasteiger partial charge in [-0.1, -0.05) is 24.3 Å². The summed E-state index contributed by atoms with van der Waals surface area (Å²) in [5.74, 6) is 0.490. The van der Waals surface area contributed by atoms with Crippen molar-refractivity contribution in [1.29, 1.82) is 5.26 Å². The number of thiazole rings is 1. The topological polar surface area (TPSA) is 101 Å². The average molecular weight is 473 g/mol. The number of aromatic nitrogens is 3. The van der Waals surface area contributed by atoms with Crippen molar-refractivity contribution in [1.82, 2.24) is 14.5 Å². The number of rotatable bonds is 5. The number of hydrogen-bond acceptors (Lipinski definition) is 8. The molecule has 162 valence electrons. The first-order valence-corrected chi connectivity index (χ1v) is 11.6. The Bertz CT molecular complexity index is 1590. The second-order valence-corrected chi connectivity index (χ2v) is 9.04.